The topological polar surface area (TPSA) is 184 Å². The lowest BCUT2D eigenvalue weighted by Crippen LogP contribution is -2.51. The summed E-state index contributed by atoms with van der Waals surface area (Å²) < 4.78 is 15.8. The number of nitrogens with one attached hydrogen (secondary N) is 4. The van der Waals surface area contributed by atoms with Gasteiger partial charge in [0, 0.05) is 18.7 Å². The van der Waals surface area contributed by atoms with Crippen LogP contribution in [-0.4, -0.2) is 93.1 Å². The summed E-state index contributed by atoms with van der Waals surface area (Å²) >= 11 is 0. The largest absolute Gasteiger partial charge is 0.487 e. The highest BCUT2D eigenvalue weighted by Gasteiger charge is 2.39. The summed E-state index contributed by atoms with van der Waals surface area (Å²) in [6, 6.07) is 12.4. The number of hydrogen-bond donors (Lipinski definition) is 4. The van der Waals surface area contributed by atoms with Gasteiger partial charge >= 0.3 is 12.2 Å². The second kappa shape index (κ2) is 16.1. The van der Waals surface area contributed by atoms with Crippen molar-refractivity contribution in [2.45, 2.75) is 84.2 Å². The van der Waals surface area contributed by atoms with Crippen molar-refractivity contribution in [3.05, 3.63) is 66.0 Å². The van der Waals surface area contributed by atoms with E-state index in [0.717, 1.165) is 70.8 Å². The van der Waals surface area contributed by atoms with Crippen LogP contribution in [0.2, 0.25) is 0 Å². The van der Waals surface area contributed by atoms with Gasteiger partial charge in [-0.1, -0.05) is 58.0 Å². The quantitative estimate of drug-likeness (QED) is 0.148. The number of benzene rings is 2. The molecule has 2 aromatic carbocycles. The second-order valence-corrected chi connectivity index (χ2v) is 15.3. The molecule has 56 heavy (non-hydrogen) atoms. The normalized spacial score (nSPS) is 18.6. The maximum atomic E-state index is 13.7. The Morgan fingerprint density at radius 1 is 0.768 bits per heavy atom. The van der Waals surface area contributed by atoms with Crippen molar-refractivity contribution in [3.8, 4) is 39.4 Å². The zero-order valence-electron chi connectivity index (χ0n) is 32.7. The molecule has 296 valence electrons. The summed E-state index contributed by atoms with van der Waals surface area (Å²) in [6.07, 6.45) is 3.74. The summed E-state index contributed by atoms with van der Waals surface area (Å²) in [5, 5.41) is 5.40. The van der Waals surface area contributed by atoms with E-state index < -0.39 is 24.3 Å². The molecule has 4 amide bonds. The molecule has 15 heteroatoms. The SMILES string of the molecule is COC(=O)N[C@H](C(=O)N1CCC[C@H]1c1ncc(-c2ccc(-c3ccc4c(c3)OCc3[nH]c([C@@H]5CCCN5C(=O)[C@@H](NC(=O)OC)C(C)C)nc3-4)cc2)[nH]1)C(C)C. The average molecular weight is 767 g/mol. The molecule has 5 heterocycles. The minimum atomic E-state index is -0.705. The summed E-state index contributed by atoms with van der Waals surface area (Å²) in [5.74, 6) is 1.63. The number of methoxy groups -OCH3 is 2. The van der Waals surface area contributed by atoms with Crippen LogP contribution in [0.3, 0.4) is 0 Å². The zero-order valence-corrected chi connectivity index (χ0v) is 32.7. The molecule has 2 fully saturated rings. The number of amides is 4. The number of carbonyl (C=O) groups is 4. The van der Waals surface area contributed by atoms with Crippen molar-refractivity contribution in [3.63, 3.8) is 0 Å². The Morgan fingerprint density at radius 3 is 1.89 bits per heavy atom. The monoisotopic (exact) mass is 766 g/mol. The number of carbonyl (C=O) groups excluding carboxylic acids is 4. The average Bonchev–Trinajstić information content (AvgIpc) is 4.04. The number of ether oxygens (including phenoxy) is 3. The van der Waals surface area contributed by atoms with Crippen LogP contribution < -0.4 is 15.4 Å². The smallest absolute Gasteiger partial charge is 0.407 e. The highest BCUT2D eigenvalue weighted by atomic mass is 16.5. The van der Waals surface area contributed by atoms with E-state index in [1.54, 1.807) is 11.1 Å². The maximum absolute atomic E-state index is 13.7. The minimum Gasteiger partial charge on any atom is -0.487 e. The fourth-order valence-electron chi connectivity index (χ4n) is 7.96. The molecule has 0 unspecified atom stereocenters. The first-order valence-corrected chi connectivity index (χ1v) is 19.3. The fourth-order valence-corrected chi connectivity index (χ4v) is 7.96. The Bertz CT molecular complexity index is 2090. The molecule has 4 atom stereocenters. The van der Waals surface area contributed by atoms with Crippen LogP contribution in [0.4, 0.5) is 9.59 Å². The molecule has 7 rings (SSSR count). The number of aromatic amines is 2. The van der Waals surface area contributed by atoms with Gasteiger partial charge in [0.25, 0.3) is 0 Å². The van der Waals surface area contributed by atoms with Gasteiger partial charge in [0.2, 0.25) is 11.8 Å². The Labute approximate surface area is 325 Å². The molecule has 0 aliphatic carbocycles. The summed E-state index contributed by atoms with van der Waals surface area (Å²) in [4.78, 5) is 71.4. The van der Waals surface area contributed by atoms with Gasteiger partial charge in [0.1, 0.15) is 36.1 Å². The zero-order chi connectivity index (χ0) is 39.7. The van der Waals surface area contributed by atoms with E-state index in [4.69, 9.17) is 19.2 Å². The number of likely N-dealkylation sites (tertiary alicyclic amines) is 2. The lowest BCUT2D eigenvalue weighted by atomic mass is 9.99. The van der Waals surface area contributed by atoms with Gasteiger partial charge in [0.05, 0.1) is 49.6 Å². The van der Waals surface area contributed by atoms with E-state index >= 15 is 0 Å². The molecule has 2 saturated heterocycles. The first-order valence-electron chi connectivity index (χ1n) is 19.3. The lowest BCUT2D eigenvalue weighted by molar-refractivity contribution is -0.136. The van der Waals surface area contributed by atoms with Crippen LogP contribution in [0.25, 0.3) is 33.6 Å². The van der Waals surface area contributed by atoms with Gasteiger partial charge in [-0.25, -0.2) is 19.6 Å². The van der Waals surface area contributed by atoms with Gasteiger partial charge in [-0.15, -0.1) is 0 Å². The Hall–Kier alpha value is -5.86. The van der Waals surface area contributed by atoms with Crippen molar-refractivity contribution in [2.75, 3.05) is 27.3 Å². The lowest BCUT2D eigenvalue weighted by Gasteiger charge is -2.30. The Balaban J connectivity index is 1.05. The number of fused-ring (bicyclic) bond motifs is 3. The summed E-state index contributed by atoms with van der Waals surface area (Å²) in [7, 11) is 2.57. The third-order valence-corrected chi connectivity index (χ3v) is 11.0. The van der Waals surface area contributed by atoms with Crippen LogP contribution in [0.1, 0.15) is 82.8 Å². The Morgan fingerprint density at radius 2 is 1.32 bits per heavy atom. The van der Waals surface area contributed by atoms with Crippen molar-refractivity contribution >= 4 is 24.0 Å². The number of alkyl carbamates (subject to hydrolysis) is 2. The van der Waals surface area contributed by atoms with Crippen molar-refractivity contribution in [1.82, 2.24) is 40.4 Å². The van der Waals surface area contributed by atoms with Gasteiger partial charge < -0.3 is 44.6 Å². The van der Waals surface area contributed by atoms with Crippen molar-refractivity contribution < 1.29 is 33.4 Å². The van der Waals surface area contributed by atoms with Gasteiger partial charge in [-0.2, -0.15) is 0 Å². The van der Waals surface area contributed by atoms with Crippen molar-refractivity contribution in [2.24, 2.45) is 11.8 Å². The first kappa shape index (κ1) is 38.4. The van der Waals surface area contributed by atoms with Gasteiger partial charge in [0.15, 0.2) is 0 Å². The highest BCUT2D eigenvalue weighted by Crippen LogP contribution is 2.41. The number of nitrogens with zero attached hydrogens (tertiary/aromatic N) is 4. The predicted molar refractivity (Wildman–Crippen MR) is 207 cm³/mol. The van der Waals surface area contributed by atoms with E-state index in [1.807, 2.05) is 56.9 Å². The maximum Gasteiger partial charge on any atom is 0.407 e. The molecule has 0 spiro atoms. The van der Waals surface area contributed by atoms with E-state index in [1.165, 1.54) is 14.2 Å². The number of aromatic nitrogens is 4. The molecule has 4 aromatic rings. The molecular weight excluding hydrogens is 716 g/mol. The third kappa shape index (κ3) is 7.54. The van der Waals surface area contributed by atoms with E-state index in [0.29, 0.717) is 31.3 Å². The third-order valence-electron chi connectivity index (χ3n) is 11.0. The van der Waals surface area contributed by atoms with Crippen LogP contribution in [0.5, 0.6) is 5.75 Å². The number of rotatable bonds is 10. The predicted octanol–water partition coefficient (Wildman–Crippen LogP) is 6.11. The standard InChI is InChI=1S/C41H50N8O7/c1-22(2)33(46-40(52)54-5)38(50)48-17-7-9-30(48)36-42-20-28(43-36)25-13-11-24(12-14-25)26-15-16-27-32(19-26)56-21-29-35(27)45-37(44-29)31-10-8-18-49(31)39(51)34(23(3)4)47-41(53)55-6/h11-16,19-20,22-23,30-31,33-34H,7-10,17-18,21H2,1-6H3,(H,42,43)(H,44,45)(H,46,52)(H,47,53)/t30-,31-,33-,34-/m0/s1. The van der Waals surface area contributed by atoms with Gasteiger partial charge in [-0.05, 0) is 66.3 Å². The number of imidazole rings is 2. The number of hydrogen-bond acceptors (Lipinski definition) is 9. The number of H-pyrrole nitrogens is 2. The molecule has 0 radical (unpaired) electrons. The first-order chi connectivity index (χ1) is 27.0. The molecule has 15 nitrogen and oxygen atoms in total. The summed E-state index contributed by atoms with van der Waals surface area (Å²) in [5.41, 5.74) is 6.36. The highest BCUT2D eigenvalue weighted by molar-refractivity contribution is 5.87. The van der Waals surface area contributed by atoms with Crippen molar-refractivity contribution in [1.29, 1.82) is 0 Å². The summed E-state index contributed by atoms with van der Waals surface area (Å²) in [6.45, 7) is 9.08. The molecule has 4 N–H and O–H groups in total. The van der Waals surface area contributed by atoms with Gasteiger partial charge in [-0.3, -0.25) is 9.59 Å². The van der Waals surface area contributed by atoms with E-state index in [2.05, 4.69) is 43.8 Å². The molecule has 3 aliphatic heterocycles. The van der Waals surface area contributed by atoms with E-state index in [9.17, 15) is 19.2 Å². The molecule has 0 saturated carbocycles. The van der Waals surface area contributed by atoms with Crippen LogP contribution in [-0.2, 0) is 25.7 Å². The second-order valence-electron chi connectivity index (χ2n) is 15.3. The Kier molecular flexibility index (Phi) is 11.0. The van der Waals surface area contributed by atoms with Crippen LogP contribution in [0, 0.1) is 11.8 Å². The molecule has 0 bridgehead atoms. The molecular formula is C41H50N8O7. The van der Waals surface area contributed by atoms with Crippen LogP contribution >= 0.6 is 0 Å². The van der Waals surface area contributed by atoms with E-state index in [-0.39, 0.29) is 35.7 Å². The molecule has 3 aliphatic rings. The van der Waals surface area contributed by atoms with Crippen LogP contribution in [0.15, 0.2) is 48.7 Å². The molecule has 2 aromatic heterocycles. The fraction of sp³-hybridized carbons (Fsp3) is 0.463. The minimum absolute atomic E-state index is 0.111.